The maximum atomic E-state index is 12.7. The van der Waals surface area contributed by atoms with Gasteiger partial charge in [-0.1, -0.05) is 12.1 Å². The Hall–Kier alpha value is -3.60. The second-order valence-corrected chi connectivity index (χ2v) is 7.28. The molecule has 0 spiro atoms. The van der Waals surface area contributed by atoms with Gasteiger partial charge in [0.25, 0.3) is 5.69 Å². The largest absolute Gasteiger partial charge is 0.493 e. The van der Waals surface area contributed by atoms with Crippen molar-refractivity contribution in [2.75, 3.05) is 7.11 Å². The number of allylic oxidation sites excluding steroid dienone is 1. The molecule has 1 heterocycles. The monoisotopic (exact) mass is 450 g/mol. The van der Waals surface area contributed by atoms with E-state index in [1.54, 1.807) is 6.07 Å². The normalized spacial score (nSPS) is 11.7. The highest BCUT2D eigenvalue weighted by Crippen LogP contribution is 2.38. The molecule has 162 valence electrons. The quantitative estimate of drug-likeness (QED) is 0.351. The SMILES string of the molecule is COc1cc(/C=C(\CCC(=O)O)c2nc3ccccc3s2)c([N+](=O)[O-])cc1OC(F)F. The standard InChI is InChI=1S/C20H16F2N2O6S/c1-29-15-9-12(14(24(27)28)10-16(15)30-20(21)22)8-11(6-7-18(25)26)19-23-13-4-2-3-5-17(13)31-19/h2-5,8-10,20H,6-7H2,1H3,(H,25,26)/b11-8+. The molecule has 11 heteroatoms. The molecule has 3 rings (SSSR count). The minimum atomic E-state index is -3.19. The third-order valence-corrected chi connectivity index (χ3v) is 5.34. The first kappa shape index (κ1) is 22.1. The summed E-state index contributed by atoms with van der Waals surface area (Å²) in [7, 11) is 1.21. The number of nitrogens with zero attached hydrogens (tertiary/aromatic N) is 2. The van der Waals surface area contributed by atoms with Crippen molar-refractivity contribution in [3.63, 3.8) is 0 Å². The van der Waals surface area contributed by atoms with Crippen molar-refractivity contribution in [3.8, 4) is 11.5 Å². The first-order valence-corrected chi connectivity index (χ1v) is 9.69. The molecule has 1 N–H and O–H groups in total. The van der Waals surface area contributed by atoms with Gasteiger partial charge in [0.05, 0.1) is 33.9 Å². The molecule has 0 aliphatic carbocycles. The van der Waals surface area contributed by atoms with Crippen molar-refractivity contribution in [1.29, 1.82) is 0 Å². The summed E-state index contributed by atoms with van der Waals surface area (Å²) >= 11 is 1.31. The number of carboxylic acid groups (broad SMARTS) is 1. The van der Waals surface area contributed by atoms with Crippen LogP contribution >= 0.6 is 11.3 Å². The van der Waals surface area contributed by atoms with Gasteiger partial charge in [-0.3, -0.25) is 14.9 Å². The number of carboxylic acids is 1. The molecule has 1 aromatic heterocycles. The van der Waals surface area contributed by atoms with E-state index in [-0.39, 0.29) is 24.2 Å². The van der Waals surface area contributed by atoms with Crippen molar-refractivity contribution >= 4 is 44.9 Å². The molecule has 2 aromatic carbocycles. The van der Waals surface area contributed by atoms with Gasteiger partial charge in [-0.05, 0) is 36.3 Å². The molecule has 3 aromatic rings. The zero-order valence-corrected chi connectivity index (χ0v) is 16.9. The lowest BCUT2D eigenvalue weighted by Gasteiger charge is -2.11. The molecular formula is C20H16F2N2O6S. The summed E-state index contributed by atoms with van der Waals surface area (Å²) in [5.74, 6) is -1.65. The molecule has 0 bridgehead atoms. The van der Waals surface area contributed by atoms with Crippen molar-refractivity contribution in [2.45, 2.75) is 19.5 Å². The number of ether oxygens (including phenoxy) is 2. The van der Waals surface area contributed by atoms with E-state index in [4.69, 9.17) is 9.84 Å². The van der Waals surface area contributed by atoms with Gasteiger partial charge in [-0.25, -0.2) is 4.98 Å². The highest BCUT2D eigenvalue weighted by Gasteiger charge is 2.22. The highest BCUT2D eigenvalue weighted by atomic mass is 32.1. The molecule has 0 amide bonds. The number of fused-ring (bicyclic) bond motifs is 1. The second-order valence-electron chi connectivity index (χ2n) is 6.25. The Morgan fingerprint density at radius 2 is 2.03 bits per heavy atom. The van der Waals surface area contributed by atoms with Crippen LogP contribution < -0.4 is 9.47 Å². The zero-order valence-electron chi connectivity index (χ0n) is 16.1. The van der Waals surface area contributed by atoms with Crippen LogP contribution in [0.1, 0.15) is 23.4 Å². The number of hydrogen-bond donors (Lipinski definition) is 1. The average Bonchev–Trinajstić information content (AvgIpc) is 3.14. The smallest absolute Gasteiger partial charge is 0.387 e. The maximum absolute atomic E-state index is 12.7. The van der Waals surface area contributed by atoms with Crippen LogP contribution in [-0.2, 0) is 4.79 Å². The van der Waals surface area contributed by atoms with Crippen LogP contribution in [0.4, 0.5) is 14.5 Å². The molecule has 0 aliphatic rings. The van der Waals surface area contributed by atoms with E-state index in [0.29, 0.717) is 16.1 Å². The van der Waals surface area contributed by atoms with Crippen molar-refractivity contribution in [3.05, 3.63) is 57.1 Å². The van der Waals surface area contributed by atoms with Gasteiger partial charge in [-0.15, -0.1) is 11.3 Å². The van der Waals surface area contributed by atoms with E-state index in [9.17, 15) is 23.7 Å². The number of thiazole rings is 1. The van der Waals surface area contributed by atoms with Gasteiger partial charge >= 0.3 is 12.6 Å². The summed E-state index contributed by atoms with van der Waals surface area (Å²) in [4.78, 5) is 26.4. The molecule has 31 heavy (non-hydrogen) atoms. The minimum absolute atomic E-state index is 0.0445. The van der Waals surface area contributed by atoms with Gasteiger partial charge in [0.2, 0.25) is 0 Å². The summed E-state index contributed by atoms with van der Waals surface area (Å²) in [6.07, 6.45) is 1.26. The summed E-state index contributed by atoms with van der Waals surface area (Å²) in [6.45, 7) is -3.19. The number of nitro groups is 1. The molecule has 0 aliphatic heterocycles. The van der Waals surface area contributed by atoms with Gasteiger partial charge in [0.1, 0.15) is 5.01 Å². The Morgan fingerprint density at radius 1 is 1.29 bits per heavy atom. The van der Waals surface area contributed by atoms with E-state index < -0.39 is 28.9 Å². The minimum Gasteiger partial charge on any atom is -0.493 e. The molecule has 0 saturated heterocycles. The number of aliphatic carboxylic acids is 1. The van der Waals surface area contributed by atoms with Crippen LogP contribution in [0.25, 0.3) is 21.9 Å². The number of hydrogen-bond acceptors (Lipinski definition) is 7. The van der Waals surface area contributed by atoms with Crippen molar-refractivity contribution in [2.24, 2.45) is 0 Å². The third kappa shape index (κ3) is 5.31. The number of para-hydroxylation sites is 1. The van der Waals surface area contributed by atoms with Gasteiger partial charge in [0, 0.05) is 6.42 Å². The molecule has 0 fully saturated rings. The number of halogens is 2. The van der Waals surface area contributed by atoms with E-state index in [1.807, 2.05) is 18.2 Å². The Bertz CT molecular complexity index is 1130. The molecule has 8 nitrogen and oxygen atoms in total. The summed E-state index contributed by atoms with van der Waals surface area (Å²) in [6, 6.07) is 9.35. The van der Waals surface area contributed by atoms with E-state index in [2.05, 4.69) is 9.72 Å². The van der Waals surface area contributed by atoms with E-state index in [0.717, 1.165) is 10.8 Å². The van der Waals surface area contributed by atoms with Crippen LogP contribution in [-0.4, -0.2) is 34.7 Å². The average molecular weight is 450 g/mol. The first-order chi connectivity index (χ1) is 14.8. The van der Waals surface area contributed by atoms with Gasteiger partial charge in [0.15, 0.2) is 11.5 Å². The fraction of sp³-hybridized carbons (Fsp3) is 0.200. The molecule has 0 saturated carbocycles. The number of nitro benzene ring substituents is 1. The Balaban J connectivity index is 2.15. The van der Waals surface area contributed by atoms with Crippen LogP contribution in [0.3, 0.4) is 0 Å². The highest BCUT2D eigenvalue weighted by molar-refractivity contribution is 7.19. The fourth-order valence-corrected chi connectivity index (χ4v) is 3.88. The number of alkyl halides is 2. The van der Waals surface area contributed by atoms with E-state index in [1.165, 1.54) is 30.6 Å². The Labute approximate surface area is 178 Å². The van der Waals surface area contributed by atoms with Gasteiger partial charge < -0.3 is 14.6 Å². The molecule has 0 unspecified atom stereocenters. The van der Waals surface area contributed by atoms with Gasteiger partial charge in [-0.2, -0.15) is 8.78 Å². The predicted octanol–water partition coefficient (Wildman–Crippen LogP) is 5.22. The predicted molar refractivity (Wildman–Crippen MR) is 111 cm³/mol. The lowest BCUT2D eigenvalue weighted by Crippen LogP contribution is -2.05. The topological polar surface area (TPSA) is 112 Å². The number of rotatable bonds is 9. The van der Waals surface area contributed by atoms with Crippen LogP contribution in [0, 0.1) is 10.1 Å². The third-order valence-electron chi connectivity index (χ3n) is 4.23. The summed E-state index contributed by atoms with van der Waals surface area (Å²) in [5.41, 5.74) is 0.710. The Morgan fingerprint density at radius 3 is 2.65 bits per heavy atom. The Kier molecular flexibility index (Phi) is 6.75. The van der Waals surface area contributed by atoms with Crippen molar-refractivity contribution in [1.82, 2.24) is 4.98 Å². The van der Waals surface area contributed by atoms with Crippen molar-refractivity contribution < 1.29 is 33.1 Å². The summed E-state index contributed by atoms with van der Waals surface area (Å²) in [5, 5.41) is 21.2. The second kappa shape index (κ2) is 9.47. The number of aromatic nitrogens is 1. The van der Waals surface area contributed by atoms with Crippen LogP contribution in [0.2, 0.25) is 0 Å². The molecule has 0 atom stereocenters. The number of methoxy groups -OCH3 is 1. The lowest BCUT2D eigenvalue weighted by molar-refractivity contribution is -0.385. The van der Waals surface area contributed by atoms with Crippen LogP contribution in [0.5, 0.6) is 11.5 Å². The number of benzene rings is 2. The zero-order chi connectivity index (χ0) is 22.5. The lowest BCUT2D eigenvalue weighted by atomic mass is 10.0. The van der Waals surface area contributed by atoms with Crippen LogP contribution in [0.15, 0.2) is 36.4 Å². The number of carbonyl (C=O) groups is 1. The fourth-order valence-electron chi connectivity index (χ4n) is 2.87. The maximum Gasteiger partial charge on any atom is 0.387 e. The first-order valence-electron chi connectivity index (χ1n) is 8.88. The molecule has 0 radical (unpaired) electrons. The van der Waals surface area contributed by atoms with E-state index >= 15 is 0 Å². The summed E-state index contributed by atoms with van der Waals surface area (Å²) < 4.78 is 35.5. The molecular weight excluding hydrogens is 434 g/mol.